The van der Waals surface area contributed by atoms with Crippen LogP contribution in [0.15, 0.2) is 55.1 Å². The summed E-state index contributed by atoms with van der Waals surface area (Å²) in [6.45, 7) is 1.45. The van der Waals surface area contributed by atoms with E-state index in [1.54, 1.807) is 24.5 Å². The number of halogens is 3. The highest BCUT2D eigenvalue weighted by atomic mass is 19.4. The Bertz CT molecular complexity index is 1260. The van der Waals surface area contributed by atoms with Crippen molar-refractivity contribution in [3.63, 3.8) is 0 Å². The van der Waals surface area contributed by atoms with Crippen molar-refractivity contribution in [3.8, 4) is 11.3 Å². The van der Waals surface area contributed by atoms with Gasteiger partial charge in [-0.05, 0) is 42.8 Å². The van der Waals surface area contributed by atoms with Crippen LogP contribution < -0.4 is 5.32 Å². The summed E-state index contributed by atoms with van der Waals surface area (Å²) in [4.78, 5) is 16.9. The molecule has 32 heavy (non-hydrogen) atoms. The van der Waals surface area contributed by atoms with E-state index >= 15 is 0 Å². The van der Waals surface area contributed by atoms with E-state index in [9.17, 15) is 18.3 Å². The van der Waals surface area contributed by atoms with Crippen LogP contribution in [0, 0.1) is 6.92 Å². The number of nitrogens with zero attached hydrogens (tertiary/aromatic N) is 4. The van der Waals surface area contributed by atoms with Crippen molar-refractivity contribution >= 4 is 22.5 Å². The van der Waals surface area contributed by atoms with E-state index in [0.29, 0.717) is 22.6 Å². The maximum atomic E-state index is 12.7. The fourth-order valence-electron chi connectivity index (χ4n) is 3.22. The Morgan fingerprint density at radius 1 is 1.00 bits per heavy atom. The number of alkyl halides is 3. The average molecular weight is 441 g/mol. The molecule has 1 atom stereocenters. The molecule has 0 saturated carbocycles. The van der Waals surface area contributed by atoms with E-state index in [-0.39, 0.29) is 5.82 Å². The van der Waals surface area contributed by atoms with Gasteiger partial charge in [0.15, 0.2) is 5.82 Å². The minimum Gasteiger partial charge on any atom is -0.393 e. The molecule has 0 amide bonds. The molecule has 4 rings (SSSR count). The topological polar surface area (TPSA) is 104 Å². The lowest BCUT2D eigenvalue weighted by Crippen LogP contribution is -2.06. The van der Waals surface area contributed by atoms with Crippen molar-refractivity contribution in [3.05, 3.63) is 71.8 Å². The molecule has 0 aliphatic carbocycles. The standard InChI is InChI=1S/C22H18F3N5O2/c1-12-6-14(17(32)11-31)8-28-19(12)15-7-13-4-5-26-21(20(13)29-9-15)30-18-3-2-16(10-27-18)22(23,24)25/h2-10,17,31-32H,11H2,1H3,(H,26,27,30)/t17-/m0/s1. The van der Waals surface area contributed by atoms with Gasteiger partial charge in [0, 0.05) is 41.3 Å². The number of fused-ring (bicyclic) bond motifs is 1. The predicted octanol–water partition coefficient (Wildman–Crippen LogP) is 4.18. The van der Waals surface area contributed by atoms with Crippen LogP contribution in [0.4, 0.5) is 24.8 Å². The van der Waals surface area contributed by atoms with Crippen molar-refractivity contribution < 1.29 is 23.4 Å². The molecule has 164 valence electrons. The molecular formula is C22H18F3N5O2. The summed E-state index contributed by atoms with van der Waals surface area (Å²) in [5.74, 6) is 0.562. The van der Waals surface area contributed by atoms with Gasteiger partial charge >= 0.3 is 6.18 Å². The Labute approximate surface area is 180 Å². The number of aryl methyl sites for hydroxylation is 1. The van der Waals surface area contributed by atoms with Crippen molar-refractivity contribution in [2.45, 2.75) is 19.2 Å². The number of aliphatic hydroxyl groups is 2. The monoisotopic (exact) mass is 441 g/mol. The van der Waals surface area contributed by atoms with Gasteiger partial charge in [0.2, 0.25) is 0 Å². The zero-order valence-electron chi connectivity index (χ0n) is 16.8. The fraction of sp³-hybridized carbons (Fsp3) is 0.182. The van der Waals surface area contributed by atoms with Gasteiger partial charge in [0.1, 0.15) is 17.4 Å². The summed E-state index contributed by atoms with van der Waals surface area (Å²) < 4.78 is 38.2. The van der Waals surface area contributed by atoms with Crippen molar-refractivity contribution in [1.29, 1.82) is 0 Å². The molecular weight excluding hydrogens is 423 g/mol. The molecule has 3 N–H and O–H groups in total. The molecule has 4 aromatic rings. The van der Waals surface area contributed by atoms with Crippen molar-refractivity contribution in [2.24, 2.45) is 0 Å². The van der Waals surface area contributed by atoms with Crippen LogP contribution in [-0.4, -0.2) is 36.8 Å². The maximum Gasteiger partial charge on any atom is 0.417 e. The van der Waals surface area contributed by atoms with E-state index in [1.165, 1.54) is 12.3 Å². The van der Waals surface area contributed by atoms with E-state index < -0.39 is 24.5 Å². The summed E-state index contributed by atoms with van der Waals surface area (Å²) in [5, 5.41) is 22.5. The summed E-state index contributed by atoms with van der Waals surface area (Å²) in [6, 6.07) is 7.55. The molecule has 0 radical (unpaired) electrons. The average Bonchev–Trinajstić information content (AvgIpc) is 2.78. The van der Waals surface area contributed by atoms with Crippen LogP contribution in [0.2, 0.25) is 0 Å². The molecule has 0 saturated heterocycles. The zero-order valence-corrected chi connectivity index (χ0v) is 16.8. The molecule has 0 fully saturated rings. The molecule has 0 bridgehead atoms. The third-order valence-corrected chi connectivity index (χ3v) is 4.87. The molecule has 10 heteroatoms. The summed E-state index contributed by atoms with van der Waals surface area (Å²) in [7, 11) is 0. The van der Waals surface area contributed by atoms with Gasteiger partial charge < -0.3 is 15.5 Å². The van der Waals surface area contributed by atoms with Gasteiger partial charge in [-0.3, -0.25) is 9.97 Å². The summed E-state index contributed by atoms with van der Waals surface area (Å²) in [5.41, 5.74) is 2.41. The first kappa shape index (κ1) is 21.6. The lowest BCUT2D eigenvalue weighted by molar-refractivity contribution is -0.137. The minimum atomic E-state index is -4.46. The third kappa shape index (κ3) is 4.36. The van der Waals surface area contributed by atoms with Crippen molar-refractivity contribution in [2.75, 3.05) is 11.9 Å². The highest BCUT2D eigenvalue weighted by Gasteiger charge is 2.30. The highest BCUT2D eigenvalue weighted by molar-refractivity contribution is 5.91. The van der Waals surface area contributed by atoms with E-state index in [2.05, 4.69) is 25.3 Å². The quantitative estimate of drug-likeness (QED) is 0.427. The molecule has 0 aliphatic rings. The number of hydrogen-bond donors (Lipinski definition) is 3. The normalized spacial score (nSPS) is 12.7. The van der Waals surface area contributed by atoms with Gasteiger partial charge in [-0.25, -0.2) is 9.97 Å². The fourth-order valence-corrected chi connectivity index (χ4v) is 3.22. The number of anilines is 2. The number of rotatable bonds is 5. The van der Waals surface area contributed by atoms with Crippen LogP contribution in [0.5, 0.6) is 0 Å². The van der Waals surface area contributed by atoms with Crippen LogP contribution in [0.25, 0.3) is 22.2 Å². The Morgan fingerprint density at radius 3 is 2.47 bits per heavy atom. The second kappa shape index (κ2) is 8.48. The molecule has 0 unspecified atom stereocenters. The van der Waals surface area contributed by atoms with E-state index in [1.807, 2.05) is 13.0 Å². The predicted molar refractivity (Wildman–Crippen MR) is 112 cm³/mol. The Balaban J connectivity index is 1.64. The summed E-state index contributed by atoms with van der Waals surface area (Å²) in [6.07, 6.45) is -0.0207. The molecule has 4 aromatic heterocycles. The number of pyridine rings is 4. The third-order valence-electron chi connectivity index (χ3n) is 4.87. The Kier molecular flexibility index (Phi) is 5.72. The van der Waals surface area contributed by atoms with E-state index in [4.69, 9.17) is 5.11 Å². The molecule has 0 aromatic carbocycles. The molecule has 7 nitrogen and oxygen atoms in total. The second-order valence-corrected chi connectivity index (χ2v) is 7.14. The van der Waals surface area contributed by atoms with Gasteiger partial charge in [-0.15, -0.1) is 0 Å². The maximum absolute atomic E-state index is 12.7. The zero-order chi connectivity index (χ0) is 22.9. The second-order valence-electron chi connectivity index (χ2n) is 7.14. The molecule has 0 spiro atoms. The van der Waals surface area contributed by atoms with Gasteiger partial charge in [-0.2, -0.15) is 13.2 Å². The number of aromatic nitrogens is 4. The Morgan fingerprint density at radius 2 is 1.81 bits per heavy atom. The van der Waals surface area contributed by atoms with Crippen LogP contribution in [-0.2, 0) is 6.18 Å². The largest absolute Gasteiger partial charge is 0.417 e. The van der Waals surface area contributed by atoms with Gasteiger partial charge in [0.05, 0.1) is 17.9 Å². The SMILES string of the molecule is Cc1cc([C@@H](O)CO)cnc1-c1cnc2c(Nc3ccc(C(F)(F)F)cn3)nccc2c1. The first-order valence-corrected chi connectivity index (χ1v) is 9.57. The summed E-state index contributed by atoms with van der Waals surface area (Å²) >= 11 is 0. The lowest BCUT2D eigenvalue weighted by Gasteiger charge is -2.12. The smallest absolute Gasteiger partial charge is 0.393 e. The molecule has 0 aliphatic heterocycles. The van der Waals surface area contributed by atoms with Gasteiger partial charge in [0.25, 0.3) is 0 Å². The van der Waals surface area contributed by atoms with Crippen LogP contribution in [0.1, 0.15) is 22.8 Å². The molecule has 4 heterocycles. The van der Waals surface area contributed by atoms with E-state index in [0.717, 1.165) is 28.8 Å². The first-order chi connectivity index (χ1) is 15.3. The first-order valence-electron chi connectivity index (χ1n) is 9.57. The van der Waals surface area contributed by atoms with Crippen LogP contribution >= 0.6 is 0 Å². The lowest BCUT2D eigenvalue weighted by atomic mass is 10.0. The van der Waals surface area contributed by atoms with Gasteiger partial charge in [-0.1, -0.05) is 0 Å². The minimum absolute atomic E-state index is 0.208. The van der Waals surface area contributed by atoms with Crippen molar-refractivity contribution in [1.82, 2.24) is 19.9 Å². The highest BCUT2D eigenvalue weighted by Crippen LogP contribution is 2.31. The Hall–Kier alpha value is -3.63. The number of nitrogens with one attached hydrogen (secondary N) is 1. The van der Waals surface area contributed by atoms with Crippen LogP contribution in [0.3, 0.4) is 0 Å². The number of aliphatic hydroxyl groups excluding tert-OH is 2. The number of hydrogen-bond acceptors (Lipinski definition) is 7.